The Bertz CT molecular complexity index is 613. The first-order valence-corrected chi connectivity index (χ1v) is 7.77. The van der Waals surface area contributed by atoms with Crippen LogP contribution in [-0.2, 0) is 4.79 Å². The van der Waals surface area contributed by atoms with Gasteiger partial charge in [-0.15, -0.1) is 0 Å². The van der Waals surface area contributed by atoms with E-state index in [1.54, 1.807) is 24.7 Å². The van der Waals surface area contributed by atoms with Crippen molar-refractivity contribution in [2.75, 3.05) is 42.9 Å². The first-order valence-electron chi connectivity index (χ1n) is 7.77. The van der Waals surface area contributed by atoms with Crippen LogP contribution in [0.1, 0.15) is 6.42 Å². The summed E-state index contributed by atoms with van der Waals surface area (Å²) in [5.74, 6) is 1.70. The topological polar surface area (TPSA) is 74.2 Å². The number of aromatic nitrogens is 3. The van der Waals surface area contributed by atoms with Gasteiger partial charge in [0.25, 0.3) is 0 Å². The Labute approximate surface area is 135 Å². The molecule has 0 atom stereocenters. The lowest BCUT2D eigenvalue weighted by molar-refractivity contribution is -0.131. The average Bonchev–Trinajstić information content (AvgIpc) is 2.63. The van der Waals surface area contributed by atoms with Crippen LogP contribution < -0.4 is 10.2 Å². The fourth-order valence-electron chi connectivity index (χ4n) is 2.53. The number of rotatable bonds is 5. The first-order chi connectivity index (χ1) is 11.3. The molecule has 1 amide bonds. The Morgan fingerprint density at radius 2 is 1.74 bits per heavy atom. The van der Waals surface area contributed by atoms with Crippen LogP contribution in [0.15, 0.2) is 42.9 Å². The summed E-state index contributed by atoms with van der Waals surface area (Å²) in [4.78, 5) is 28.9. The molecule has 0 bridgehead atoms. The predicted molar refractivity (Wildman–Crippen MR) is 88.2 cm³/mol. The van der Waals surface area contributed by atoms with Crippen LogP contribution in [-0.4, -0.2) is 58.5 Å². The van der Waals surface area contributed by atoms with Crippen LogP contribution in [0.3, 0.4) is 0 Å². The van der Waals surface area contributed by atoms with E-state index in [1.807, 2.05) is 23.1 Å². The van der Waals surface area contributed by atoms with Gasteiger partial charge < -0.3 is 15.1 Å². The Morgan fingerprint density at radius 1 is 1.00 bits per heavy atom. The highest BCUT2D eigenvalue weighted by Crippen LogP contribution is 2.10. The largest absolute Gasteiger partial charge is 0.370 e. The summed E-state index contributed by atoms with van der Waals surface area (Å²) >= 11 is 0. The molecule has 3 rings (SSSR count). The molecule has 1 fully saturated rings. The normalized spacial score (nSPS) is 14.6. The zero-order valence-electron chi connectivity index (χ0n) is 12.9. The van der Waals surface area contributed by atoms with E-state index in [4.69, 9.17) is 0 Å². The van der Waals surface area contributed by atoms with E-state index in [-0.39, 0.29) is 5.91 Å². The molecule has 7 nitrogen and oxygen atoms in total. The Kier molecular flexibility index (Phi) is 4.98. The standard InChI is InChI=1S/C16H20N6O/c23-15(5-9-18-14-4-1-2-6-17-14)21-10-12-22(13-11-21)16-19-7-3-8-20-16/h1-4,6-8H,5,9-13H2,(H,17,18). The molecule has 120 valence electrons. The van der Waals surface area contributed by atoms with Crippen LogP contribution in [0.2, 0.25) is 0 Å². The molecule has 1 saturated heterocycles. The summed E-state index contributed by atoms with van der Waals surface area (Å²) in [6.07, 6.45) is 5.68. The van der Waals surface area contributed by atoms with Crippen molar-refractivity contribution in [2.45, 2.75) is 6.42 Å². The van der Waals surface area contributed by atoms with Gasteiger partial charge in [0.1, 0.15) is 5.82 Å². The Balaban J connectivity index is 1.41. The maximum Gasteiger partial charge on any atom is 0.225 e. The van der Waals surface area contributed by atoms with Crippen molar-refractivity contribution in [3.8, 4) is 0 Å². The number of nitrogens with zero attached hydrogens (tertiary/aromatic N) is 5. The highest BCUT2D eigenvalue weighted by Gasteiger charge is 2.21. The molecule has 0 saturated carbocycles. The minimum atomic E-state index is 0.169. The number of pyridine rings is 1. The summed E-state index contributed by atoms with van der Waals surface area (Å²) in [6, 6.07) is 7.48. The zero-order chi connectivity index (χ0) is 15.9. The molecular weight excluding hydrogens is 292 g/mol. The van der Waals surface area contributed by atoms with E-state index >= 15 is 0 Å². The van der Waals surface area contributed by atoms with Gasteiger partial charge in [0.05, 0.1) is 0 Å². The van der Waals surface area contributed by atoms with E-state index < -0.39 is 0 Å². The Morgan fingerprint density at radius 3 is 2.43 bits per heavy atom. The number of anilines is 2. The van der Waals surface area contributed by atoms with Gasteiger partial charge >= 0.3 is 0 Å². The monoisotopic (exact) mass is 312 g/mol. The molecular formula is C16H20N6O. The van der Waals surface area contributed by atoms with Crippen LogP contribution in [0, 0.1) is 0 Å². The van der Waals surface area contributed by atoms with Crippen molar-refractivity contribution in [2.24, 2.45) is 0 Å². The molecule has 0 radical (unpaired) electrons. The highest BCUT2D eigenvalue weighted by atomic mass is 16.2. The third-order valence-corrected chi connectivity index (χ3v) is 3.78. The van der Waals surface area contributed by atoms with E-state index in [0.29, 0.717) is 26.1 Å². The predicted octanol–water partition coefficient (Wildman–Crippen LogP) is 1.02. The number of carbonyl (C=O) groups is 1. The molecule has 0 aromatic carbocycles. The second-order valence-corrected chi connectivity index (χ2v) is 5.31. The molecule has 1 N–H and O–H groups in total. The minimum absolute atomic E-state index is 0.169. The molecule has 3 heterocycles. The van der Waals surface area contributed by atoms with Crippen molar-refractivity contribution >= 4 is 17.7 Å². The summed E-state index contributed by atoms with van der Waals surface area (Å²) in [5, 5.41) is 3.16. The van der Waals surface area contributed by atoms with Gasteiger partial charge in [-0.25, -0.2) is 15.0 Å². The van der Waals surface area contributed by atoms with Crippen molar-refractivity contribution < 1.29 is 4.79 Å². The molecule has 23 heavy (non-hydrogen) atoms. The molecule has 2 aromatic heterocycles. The van der Waals surface area contributed by atoms with Crippen molar-refractivity contribution in [3.63, 3.8) is 0 Å². The molecule has 0 unspecified atom stereocenters. The van der Waals surface area contributed by atoms with Gasteiger partial charge in [-0.05, 0) is 18.2 Å². The Hall–Kier alpha value is -2.70. The van der Waals surface area contributed by atoms with E-state index in [1.165, 1.54) is 0 Å². The van der Waals surface area contributed by atoms with Gasteiger partial charge in [-0.1, -0.05) is 6.07 Å². The fourth-order valence-corrected chi connectivity index (χ4v) is 2.53. The maximum absolute atomic E-state index is 12.2. The fraction of sp³-hybridized carbons (Fsp3) is 0.375. The number of hydrogen-bond donors (Lipinski definition) is 1. The van der Waals surface area contributed by atoms with Crippen molar-refractivity contribution in [1.29, 1.82) is 0 Å². The van der Waals surface area contributed by atoms with Gasteiger partial charge in [0.15, 0.2) is 0 Å². The molecule has 7 heteroatoms. The van der Waals surface area contributed by atoms with Crippen LogP contribution in [0.4, 0.5) is 11.8 Å². The summed E-state index contributed by atoms with van der Waals surface area (Å²) in [7, 11) is 0. The minimum Gasteiger partial charge on any atom is -0.370 e. The first kappa shape index (κ1) is 15.2. The summed E-state index contributed by atoms with van der Waals surface area (Å²) in [6.45, 7) is 3.55. The number of amides is 1. The zero-order valence-corrected chi connectivity index (χ0v) is 12.9. The number of carbonyl (C=O) groups excluding carboxylic acids is 1. The van der Waals surface area contributed by atoms with Crippen molar-refractivity contribution in [1.82, 2.24) is 19.9 Å². The lowest BCUT2D eigenvalue weighted by Gasteiger charge is -2.34. The lowest BCUT2D eigenvalue weighted by Crippen LogP contribution is -2.49. The highest BCUT2D eigenvalue weighted by molar-refractivity contribution is 5.77. The molecule has 1 aliphatic heterocycles. The quantitative estimate of drug-likeness (QED) is 0.888. The van der Waals surface area contributed by atoms with Crippen LogP contribution in [0.25, 0.3) is 0 Å². The molecule has 0 aliphatic carbocycles. The number of hydrogen-bond acceptors (Lipinski definition) is 6. The average molecular weight is 312 g/mol. The van der Waals surface area contributed by atoms with Gasteiger partial charge in [-0.2, -0.15) is 0 Å². The molecule has 0 spiro atoms. The third-order valence-electron chi connectivity index (χ3n) is 3.78. The van der Waals surface area contributed by atoms with Gasteiger partial charge in [0, 0.05) is 57.7 Å². The second kappa shape index (κ2) is 7.53. The van der Waals surface area contributed by atoms with Gasteiger partial charge in [0.2, 0.25) is 11.9 Å². The van der Waals surface area contributed by atoms with E-state index in [2.05, 4.69) is 25.2 Å². The second-order valence-electron chi connectivity index (χ2n) is 5.31. The maximum atomic E-state index is 12.2. The summed E-state index contributed by atoms with van der Waals surface area (Å²) < 4.78 is 0. The molecule has 1 aliphatic rings. The number of piperazine rings is 1. The number of nitrogens with one attached hydrogen (secondary N) is 1. The van der Waals surface area contributed by atoms with E-state index in [9.17, 15) is 4.79 Å². The SMILES string of the molecule is O=C(CCNc1ccccn1)N1CCN(c2ncccn2)CC1. The third kappa shape index (κ3) is 4.15. The summed E-state index contributed by atoms with van der Waals surface area (Å²) in [5.41, 5.74) is 0. The molecule has 2 aromatic rings. The smallest absolute Gasteiger partial charge is 0.225 e. The van der Waals surface area contributed by atoms with Crippen LogP contribution in [0.5, 0.6) is 0 Å². The van der Waals surface area contributed by atoms with Crippen LogP contribution >= 0.6 is 0 Å². The van der Waals surface area contributed by atoms with Crippen molar-refractivity contribution in [3.05, 3.63) is 42.9 Å². The lowest BCUT2D eigenvalue weighted by atomic mass is 10.3. The van der Waals surface area contributed by atoms with Gasteiger partial charge in [-0.3, -0.25) is 4.79 Å². The van der Waals surface area contributed by atoms with E-state index in [0.717, 1.165) is 24.9 Å².